The van der Waals surface area contributed by atoms with Crippen molar-refractivity contribution in [2.24, 2.45) is 5.92 Å². The number of hydrogen-bond donors (Lipinski definition) is 0. The molecule has 0 fully saturated rings. The Labute approximate surface area is 251 Å². The second-order valence-corrected chi connectivity index (χ2v) is 12.6. The van der Waals surface area contributed by atoms with Crippen LogP contribution in [-0.4, -0.2) is 9.13 Å². The SMILES string of the molecule is CC(C)C1(C)c2cc(-n3c4ccccc4c4ccccc43)ccc2-c2ccc(-n3c4ccccc4c4ccccc43)cc21. The number of para-hydroxylation sites is 4. The van der Waals surface area contributed by atoms with Gasteiger partial charge in [-0.2, -0.15) is 0 Å². The van der Waals surface area contributed by atoms with Gasteiger partial charge < -0.3 is 9.13 Å². The summed E-state index contributed by atoms with van der Waals surface area (Å²) in [7, 11) is 0. The van der Waals surface area contributed by atoms with Crippen molar-refractivity contribution in [3.8, 4) is 22.5 Å². The highest BCUT2D eigenvalue weighted by atomic mass is 15.0. The smallest absolute Gasteiger partial charge is 0.0541 e. The first-order valence-electron chi connectivity index (χ1n) is 15.3. The van der Waals surface area contributed by atoms with E-state index < -0.39 is 0 Å². The number of rotatable bonds is 3. The maximum absolute atomic E-state index is 2.47. The summed E-state index contributed by atoms with van der Waals surface area (Å²) < 4.78 is 4.89. The van der Waals surface area contributed by atoms with Gasteiger partial charge in [-0.25, -0.2) is 0 Å². The minimum absolute atomic E-state index is 0.131. The second-order valence-electron chi connectivity index (χ2n) is 12.6. The van der Waals surface area contributed by atoms with Gasteiger partial charge in [0, 0.05) is 38.3 Å². The first-order chi connectivity index (χ1) is 21.1. The first-order valence-corrected chi connectivity index (χ1v) is 15.3. The molecule has 0 bridgehead atoms. The van der Waals surface area contributed by atoms with Gasteiger partial charge in [0.25, 0.3) is 0 Å². The summed E-state index contributed by atoms with van der Waals surface area (Å²) in [6.07, 6.45) is 0. The van der Waals surface area contributed by atoms with Crippen LogP contribution in [0, 0.1) is 5.92 Å². The molecule has 6 aromatic carbocycles. The maximum Gasteiger partial charge on any atom is 0.0541 e. The quantitative estimate of drug-likeness (QED) is 0.206. The Hall–Kier alpha value is -5.08. The summed E-state index contributed by atoms with van der Waals surface area (Å²) in [6, 6.07) is 49.4. The highest BCUT2D eigenvalue weighted by Crippen LogP contribution is 2.54. The van der Waals surface area contributed by atoms with Gasteiger partial charge in [0.15, 0.2) is 0 Å². The number of benzene rings is 6. The fraction of sp³-hybridized carbons (Fsp3) is 0.122. The van der Waals surface area contributed by atoms with Crippen molar-refractivity contribution in [1.29, 1.82) is 0 Å². The molecule has 1 aliphatic rings. The number of aromatic nitrogens is 2. The zero-order chi connectivity index (χ0) is 28.9. The molecule has 0 spiro atoms. The Morgan fingerprint density at radius 3 is 1.09 bits per heavy atom. The van der Waals surface area contributed by atoms with Gasteiger partial charge in [0.05, 0.1) is 22.1 Å². The van der Waals surface area contributed by atoms with Gasteiger partial charge in [-0.1, -0.05) is 106 Å². The number of hydrogen-bond acceptors (Lipinski definition) is 0. The van der Waals surface area contributed by atoms with Crippen molar-refractivity contribution in [1.82, 2.24) is 9.13 Å². The summed E-state index contributed by atoms with van der Waals surface area (Å²) in [5.74, 6) is 0.411. The molecule has 9 rings (SSSR count). The lowest BCUT2D eigenvalue weighted by Crippen LogP contribution is -2.27. The molecule has 43 heavy (non-hydrogen) atoms. The van der Waals surface area contributed by atoms with Crippen molar-refractivity contribution in [2.75, 3.05) is 0 Å². The largest absolute Gasteiger partial charge is 0.309 e. The topological polar surface area (TPSA) is 9.86 Å². The average Bonchev–Trinajstić information content (AvgIpc) is 3.65. The lowest BCUT2D eigenvalue weighted by atomic mass is 9.71. The van der Waals surface area contributed by atoms with Gasteiger partial charge in [-0.05, 0) is 76.7 Å². The van der Waals surface area contributed by atoms with E-state index in [-0.39, 0.29) is 5.41 Å². The van der Waals surface area contributed by atoms with E-state index >= 15 is 0 Å². The summed E-state index contributed by atoms with van der Waals surface area (Å²) in [6.45, 7) is 7.20. The van der Waals surface area contributed by atoms with Crippen LogP contribution in [0.25, 0.3) is 66.1 Å². The highest BCUT2D eigenvalue weighted by molar-refractivity contribution is 6.10. The van der Waals surface area contributed by atoms with Crippen LogP contribution in [0.3, 0.4) is 0 Å². The molecule has 0 atom stereocenters. The first kappa shape index (κ1) is 24.5. The van der Waals surface area contributed by atoms with Crippen LogP contribution >= 0.6 is 0 Å². The van der Waals surface area contributed by atoms with E-state index in [1.165, 1.54) is 77.2 Å². The summed E-state index contributed by atoms with van der Waals surface area (Å²) >= 11 is 0. The molecular weight excluding hydrogens is 520 g/mol. The Morgan fingerprint density at radius 2 is 0.767 bits per heavy atom. The van der Waals surface area contributed by atoms with Gasteiger partial charge in [-0.15, -0.1) is 0 Å². The molecule has 0 N–H and O–H groups in total. The van der Waals surface area contributed by atoms with Crippen molar-refractivity contribution < 1.29 is 0 Å². The zero-order valence-electron chi connectivity index (χ0n) is 24.7. The molecule has 2 aromatic heterocycles. The monoisotopic (exact) mass is 552 g/mol. The Morgan fingerprint density at radius 1 is 0.442 bits per heavy atom. The van der Waals surface area contributed by atoms with Gasteiger partial charge in [0.2, 0.25) is 0 Å². The molecule has 0 aliphatic heterocycles. The van der Waals surface area contributed by atoms with Crippen LogP contribution in [0.15, 0.2) is 133 Å². The molecule has 206 valence electrons. The summed E-state index contributed by atoms with van der Waals surface area (Å²) in [5, 5.41) is 5.18. The van der Waals surface area contributed by atoms with Crippen molar-refractivity contribution in [2.45, 2.75) is 26.2 Å². The molecular formula is C41H32N2. The van der Waals surface area contributed by atoms with Gasteiger partial charge >= 0.3 is 0 Å². The fourth-order valence-electron chi connectivity index (χ4n) is 7.84. The third kappa shape index (κ3) is 3.18. The van der Waals surface area contributed by atoms with Gasteiger partial charge in [-0.3, -0.25) is 0 Å². The van der Waals surface area contributed by atoms with E-state index in [0.29, 0.717) is 5.92 Å². The average molecular weight is 553 g/mol. The predicted molar refractivity (Wildman–Crippen MR) is 182 cm³/mol. The number of nitrogens with zero attached hydrogens (tertiary/aromatic N) is 2. The van der Waals surface area contributed by atoms with Crippen LogP contribution < -0.4 is 0 Å². The minimum Gasteiger partial charge on any atom is -0.309 e. The van der Waals surface area contributed by atoms with Crippen LogP contribution in [0.2, 0.25) is 0 Å². The third-order valence-corrected chi connectivity index (χ3v) is 10.2. The van der Waals surface area contributed by atoms with Crippen LogP contribution in [0.4, 0.5) is 0 Å². The van der Waals surface area contributed by atoms with Gasteiger partial charge in [0.1, 0.15) is 0 Å². The molecule has 0 radical (unpaired) electrons. The molecule has 0 saturated carbocycles. The molecule has 0 unspecified atom stereocenters. The fourth-order valence-corrected chi connectivity index (χ4v) is 7.84. The molecule has 8 aromatic rings. The Kier molecular flexibility index (Phi) is 4.97. The molecule has 0 amide bonds. The van der Waals surface area contributed by atoms with Crippen LogP contribution in [0.1, 0.15) is 31.9 Å². The second kappa shape index (κ2) is 8.72. The van der Waals surface area contributed by atoms with E-state index in [1.54, 1.807) is 0 Å². The van der Waals surface area contributed by atoms with E-state index in [1.807, 2.05) is 0 Å². The molecule has 2 heterocycles. The summed E-state index contributed by atoms with van der Waals surface area (Å²) in [5.41, 5.74) is 12.8. The van der Waals surface area contributed by atoms with E-state index in [2.05, 4.69) is 163 Å². The van der Waals surface area contributed by atoms with Crippen molar-refractivity contribution in [3.63, 3.8) is 0 Å². The highest BCUT2D eigenvalue weighted by Gasteiger charge is 2.42. The Balaban J connectivity index is 1.28. The zero-order valence-corrected chi connectivity index (χ0v) is 24.7. The lowest BCUT2D eigenvalue weighted by molar-refractivity contribution is 0.414. The minimum atomic E-state index is -0.131. The molecule has 2 heteroatoms. The standard InChI is InChI=1S/C41H32N2/c1-26(2)41(3)35-24-27(42-37-16-8-4-12-31(37)32-13-5-9-17-38(32)42)20-22-29(35)30-23-21-28(25-36(30)41)43-39-18-10-6-14-33(39)34-15-7-11-19-40(34)43/h4-26H,1-3H3. The maximum atomic E-state index is 2.47. The Bertz CT molecular complexity index is 2130. The third-order valence-electron chi connectivity index (χ3n) is 10.2. The van der Waals surface area contributed by atoms with E-state index in [0.717, 1.165) is 0 Å². The number of fused-ring (bicyclic) bond motifs is 9. The summed E-state index contributed by atoms with van der Waals surface area (Å²) in [4.78, 5) is 0. The molecule has 0 saturated heterocycles. The normalized spacial score (nSPS) is 13.9. The van der Waals surface area contributed by atoms with Crippen LogP contribution in [0.5, 0.6) is 0 Å². The van der Waals surface area contributed by atoms with E-state index in [9.17, 15) is 0 Å². The molecule has 1 aliphatic carbocycles. The van der Waals surface area contributed by atoms with E-state index in [4.69, 9.17) is 0 Å². The molecule has 2 nitrogen and oxygen atoms in total. The predicted octanol–water partition coefficient (Wildman–Crippen LogP) is 10.8. The lowest BCUT2D eigenvalue weighted by Gasteiger charge is -2.32. The van der Waals surface area contributed by atoms with Crippen molar-refractivity contribution >= 4 is 43.6 Å². The van der Waals surface area contributed by atoms with Crippen molar-refractivity contribution in [3.05, 3.63) is 145 Å². The van der Waals surface area contributed by atoms with Crippen LogP contribution in [-0.2, 0) is 5.41 Å².